The molecule has 2 amide bonds. The summed E-state index contributed by atoms with van der Waals surface area (Å²) in [4.78, 5) is 34.0. The molecule has 0 atom stereocenters. The summed E-state index contributed by atoms with van der Waals surface area (Å²) in [6.45, 7) is 1.48. The highest BCUT2D eigenvalue weighted by atomic mass is 32.2. The highest BCUT2D eigenvalue weighted by molar-refractivity contribution is 7.90. The number of nitrogens with one attached hydrogen (secondary N) is 3. The summed E-state index contributed by atoms with van der Waals surface area (Å²) in [6.07, 6.45) is -0.213. The van der Waals surface area contributed by atoms with E-state index in [1.807, 2.05) is 4.72 Å². The number of ether oxygens (including phenoxy) is 2. The van der Waals surface area contributed by atoms with Crippen LogP contribution >= 0.6 is 12.2 Å². The molecule has 1 aromatic carbocycles. The van der Waals surface area contributed by atoms with Gasteiger partial charge in [0, 0.05) is 26.1 Å². The van der Waals surface area contributed by atoms with Crippen molar-refractivity contribution < 1.29 is 32.3 Å². The number of hydrogen-bond donors (Lipinski definition) is 3. The molecule has 0 unspecified atom stereocenters. The van der Waals surface area contributed by atoms with Crippen LogP contribution in [0.3, 0.4) is 0 Å². The lowest BCUT2D eigenvalue weighted by molar-refractivity contribution is -0.146. The number of benzene rings is 1. The molecule has 0 saturated carbocycles. The first-order chi connectivity index (χ1) is 13.1. The van der Waals surface area contributed by atoms with Gasteiger partial charge >= 0.3 is 5.97 Å². The normalized spacial score (nSPS) is 10.6. The second kappa shape index (κ2) is 11.3. The van der Waals surface area contributed by atoms with Crippen LogP contribution in [0.1, 0.15) is 19.8 Å². The maximum Gasteiger partial charge on any atom is 0.306 e. The van der Waals surface area contributed by atoms with Gasteiger partial charge in [-0.2, -0.15) is 0 Å². The van der Waals surface area contributed by atoms with Crippen molar-refractivity contribution in [2.45, 2.75) is 24.7 Å². The van der Waals surface area contributed by atoms with Crippen molar-refractivity contribution in [2.75, 3.05) is 25.6 Å². The van der Waals surface area contributed by atoms with Crippen LogP contribution in [0.5, 0.6) is 0 Å². The zero-order valence-electron chi connectivity index (χ0n) is 15.3. The minimum atomic E-state index is -3.93. The SMILES string of the molecule is COCCOC(=O)CCC(=O)NC(=S)Nc1ccc(S(=O)(=O)NC(C)=O)cc1. The van der Waals surface area contributed by atoms with Crippen LogP contribution in [-0.2, 0) is 33.9 Å². The van der Waals surface area contributed by atoms with Gasteiger partial charge in [-0.25, -0.2) is 13.1 Å². The van der Waals surface area contributed by atoms with Crippen LogP contribution in [0.25, 0.3) is 0 Å². The molecule has 0 fully saturated rings. The zero-order valence-corrected chi connectivity index (χ0v) is 16.9. The molecular formula is C16H21N3O7S2. The van der Waals surface area contributed by atoms with Crippen LogP contribution in [0.15, 0.2) is 29.2 Å². The van der Waals surface area contributed by atoms with Gasteiger partial charge in [0.15, 0.2) is 5.11 Å². The maximum absolute atomic E-state index is 11.9. The number of hydrogen-bond acceptors (Lipinski definition) is 8. The van der Waals surface area contributed by atoms with Gasteiger partial charge < -0.3 is 20.1 Å². The van der Waals surface area contributed by atoms with E-state index in [1.165, 1.54) is 31.4 Å². The van der Waals surface area contributed by atoms with E-state index in [-0.39, 0.29) is 36.1 Å². The summed E-state index contributed by atoms with van der Waals surface area (Å²) in [5, 5.41) is 5.08. The van der Waals surface area contributed by atoms with Crippen molar-refractivity contribution in [2.24, 2.45) is 0 Å². The summed E-state index contributed by atoms with van der Waals surface area (Å²) in [5.41, 5.74) is 0.422. The van der Waals surface area contributed by atoms with Crippen molar-refractivity contribution in [1.82, 2.24) is 10.0 Å². The molecule has 0 aliphatic heterocycles. The third-order valence-corrected chi connectivity index (χ3v) is 4.71. The lowest BCUT2D eigenvalue weighted by atomic mass is 10.3. The Labute approximate surface area is 168 Å². The van der Waals surface area contributed by atoms with E-state index in [0.29, 0.717) is 5.69 Å². The van der Waals surface area contributed by atoms with Gasteiger partial charge in [0.05, 0.1) is 17.9 Å². The van der Waals surface area contributed by atoms with E-state index in [2.05, 4.69) is 10.6 Å². The van der Waals surface area contributed by atoms with Crippen LogP contribution in [0, 0.1) is 0 Å². The smallest absolute Gasteiger partial charge is 0.306 e. The Morgan fingerprint density at radius 3 is 2.29 bits per heavy atom. The van der Waals surface area contributed by atoms with Crippen LogP contribution < -0.4 is 15.4 Å². The monoisotopic (exact) mass is 431 g/mol. The van der Waals surface area contributed by atoms with Crippen LogP contribution in [0.4, 0.5) is 5.69 Å². The number of amides is 2. The van der Waals surface area contributed by atoms with E-state index in [4.69, 9.17) is 21.7 Å². The minimum Gasteiger partial charge on any atom is -0.463 e. The van der Waals surface area contributed by atoms with Crippen molar-refractivity contribution in [3.8, 4) is 0 Å². The molecule has 0 saturated heterocycles. The molecule has 12 heteroatoms. The van der Waals surface area contributed by atoms with Gasteiger partial charge in [-0.15, -0.1) is 0 Å². The summed E-state index contributed by atoms with van der Waals surface area (Å²) < 4.78 is 35.1. The fourth-order valence-corrected chi connectivity index (χ4v) is 3.07. The fourth-order valence-electron chi connectivity index (χ4n) is 1.84. The van der Waals surface area contributed by atoms with E-state index >= 15 is 0 Å². The maximum atomic E-state index is 11.9. The standard InChI is InChI=1S/C16H21N3O7S2/c1-11(20)19-28(23,24)13-5-3-12(4-6-13)17-16(27)18-14(21)7-8-15(22)26-10-9-25-2/h3-6H,7-10H2,1-2H3,(H,19,20)(H2,17,18,21,27). The average Bonchev–Trinajstić information content (AvgIpc) is 2.59. The van der Waals surface area contributed by atoms with Crippen molar-refractivity contribution in [3.05, 3.63) is 24.3 Å². The predicted octanol–water partition coefficient (Wildman–Crippen LogP) is 0.294. The molecule has 1 aromatic rings. The molecule has 1 rings (SSSR count). The number of esters is 1. The quantitative estimate of drug-likeness (QED) is 0.286. The number of carbonyl (C=O) groups is 3. The van der Waals surface area contributed by atoms with Gasteiger partial charge in [-0.1, -0.05) is 0 Å². The highest BCUT2D eigenvalue weighted by Crippen LogP contribution is 2.14. The van der Waals surface area contributed by atoms with Gasteiger partial charge in [0.1, 0.15) is 6.61 Å². The van der Waals surface area contributed by atoms with E-state index in [1.54, 1.807) is 0 Å². The first-order valence-corrected chi connectivity index (χ1v) is 9.92. The molecule has 10 nitrogen and oxygen atoms in total. The molecule has 28 heavy (non-hydrogen) atoms. The van der Waals surface area contributed by atoms with Crippen LogP contribution in [0.2, 0.25) is 0 Å². The Kier molecular flexibility index (Phi) is 9.48. The molecule has 154 valence electrons. The number of methoxy groups -OCH3 is 1. The summed E-state index contributed by atoms with van der Waals surface area (Å²) in [6, 6.07) is 5.38. The van der Waals surface area contributed by atoms with Gasteiger partial charge in [-0.3, -0.25) is 14.4 Å². The topological polar surface area (TPSA) is 140 Å². The first-order valence-electron chi connectivity index (χ1n) is 8.03. The second-order valence-corrected chi connectivity index (χ2v) is 7.49. The highest BCUT2D eigenvalue weighted by Gasteiger charge is 2.15. The number of thiocarbonyl (C=S) groups is 1. The molecule has 0 heterocycles. The van der Waals surface area contributed by atoms with E-state index < -0.39 is 27.8 Å². The molecule has 0 radical (unpaired) electrons. The molecule has 0 bridgehead atoms. The number of rotatable bonds is 9. The van der Waals surface area contributed by atoms with Gasteiger partial charge in [0.25, 0.3) is 10.0 Å². The molecule has 0 aliphatic carbocycles. The fraction of sp³-hybridized carbons (Fsp3) is 0.375. The van der Waals surface area contributed by atoms with E-state index in [0.717, 1.165) is 6.92 Å². The average molecular weight is 431 g/mol. The largest absolute Gasteiger partial charge is 0.463 e. The molecule has 0 aliphatic rings. The second-order valence-electron chi connectivity index (χ2n) is 5.40. The Morgan fingerprint density at radius 1 is 1.07 bits per heavy atom. The molecule has 3 N–H and O–H groups in total. The molecular weight excluding hydrogens is 410 g/mol. The lowest BCUT2D eigenvalue weighted by Gasteiger charge is -2.10. The third kappa shape index (κ3) is 8.88. The first kappa shape index (κ1) is 23.5. The number of anilines is 1. The predicted molar refractivity (Wildman–Crippen MR) is 104 cm³/mol. The van der Waals surface area contributed by atoms with Crippen molar-refractivity contribution in [3.63, 3.8) is 0 Å². The van der Waals surface area contributed by atoms with Crippen molar-refractivity contribution in [1.29, 1.82) is 0 Å². The number of sulfonamides is 1. The number of carbonyl (C=O) groups excluding carboxylic acids is 3. The van der Waals surface area contributed by atoms with E-state index in [9.17, 15) is 22.8 Å². The minimum absolute atomic E-state index is 0.0183. The molecule has 0 spiro atoms. The Bertz CT molecular complexity index is 823. The lowest BCUT2D eigenvalue weighted by Crippen LogP contribution is -2.34. The van der Waals surface area contributed by atoms with Crippen LogP contribution in [-0.4, -0.2) is 51.6 Å². The Hall–Kier alpha value is -2.57. The Morgan fingerprint density at radius 2 is 1.71 bits per heavy atom. The van der Waals surface area contributed by atoms with Crippen molar-refractivity contribution >= 4 is 50.8 Å². The summed E-state index contributed by atoms with van der Waals surface area (Å²) >= 11 is 4.99. The summed E-state index contributed by atoms with van der Waals surface area (Å²) in [7, 11) is -2.45. The van der Waals surface area contributed by atoms with Gasteiger partial charge in [-0.05, 0) is 36.5 Å². The zero-order chi connectivity index (χ0) is 21.2. The van der Waals surface area contributed by atoms with Gasteiger partial charge in [0.2, 0.25) is 11.8 Å². The molecule has 0 aromatic heterocycles. The Balaban J connectivity index is 2.47. The third-order valence-electron chi connectivity index (χ3n) is 3.06. The summed E-state index contributed by atoms with van der Waals surface area (Å²) in [5.74, 6) is -1.71.